The predicted octanol–water partition coefficient (Wildman–Crippen LogP) is 2.95. The van der Waals surface area contributed by atoms with E-state index in [-0.39, 0.29) is 17.9 Å². The third-order valence-corrected chi connectivity index (χ3v) is 5.21. The van der Waals surface area contributed by atoms with Gasteiger partial charge < -0.3 is 14.9 Å². The average Bonchev–Trinajstić information content (AvgIpc) is 2.77. The van der Waals surface area contributed by atoms with Gasteiger partial charge in [0.15, 0.2) is 0 Å². The third-order valence-electron chi connectivity index (χ3n) is 5.21. The first kappa shape index (κ1) is 16.1. The summed E-state index contributed by atoms with van der Waals surface area (Å²) < 4.78 is 0. The van der Waals surface area contributed by atoms with Crippen molar-refractivity contribution in [3.8, 4) is 0 Å². The summed E-state index contributed by atoms with van der Waals surface area (Å²) in [6, 6.07) is 0.00345. The summed E-state index contributed by atoms with van der Waals surface area (Å²) in [6.07, 6.45) is 5.84. The van der Waals surface area contributed by atoms with Gasteiger partial charge in [-0.15, -0.1) is 0 Å². The molecule has 0 aromatic heterocycles. The quantitative estimate of drug-likeness (QED) is 0.871. The Balaban J connectivity index is 2.12. The van der Waals surface area contributed by atoms with Crippen molar-refractivity contribution < 1.29 is 14.7 Å². The van der Waals surface area contributed by atoms with Crippen LogP contribution in [0.5, 0.6) is 0 Å². The third kappa shape index (κ3) is 3.50. The summed E-state index contributed by atoms with van der Waals surface area (Å²) in [5.41, 5.74) is -0.322. The van der Waals surface area contributed by atoms with Crippen molar-refractivity contribution in [2.45, 2.75) is 64.3 Å². The standard InChI is InChI=1S/C16H28N2O3/c1-15(2)9-10-18(12-15)14(21)17(3)16(11-13(19)20)7-5-4-6-8-16/h4-12H2,1-3H3,(H,19,20). The number of hydrogen-bond acceptors (Lipinski definition) is 2. The second-order valence-corrected chi connectivity index (χ2v) is 7.53. The number of carbonyl (C=O) groups is 2. The molecule has 0 bridgehead atoms. The van der Waals surface area contributed by atoms with E-state index in [1.165, 1.54) is 0 Å². The fourth-order valence-electron chi connectivity index (χ4n) is 3.81. The van der Waals surface area contributed by atoms with Gasteiger partial charge in [0.2, 0.25) is 0 Å². The molecular formula is C16H28N2O3. The molecule has 1 saturated carbocycles. The molecule has 0 radical (unpaired) electrons. The lowest BCUT2D eigenvalue weighted by Crippen LogP contribution is -2.55. The van der Waals surface area contributed by atoms with E-state index in [2.05, 4.69) is 13.8 Å². The minimum atomic E-state index is -0.807. The molecule has 0 aromatic rings. The topological polar surface area (TPSA) is 60.9 Å². The number of carboxylic acids is 1. The Morgan fingerprint density at radius 2 is 1.76 bits per heavy atom. The molecule has 5 heteroatoms. The number of urea groups is 1. The summed E-state index contributed by atoms with van der Waals surface area (Å²) in [6.45, 7) is 5.89. The van der Waals surface area contributed by atoms with Crippen molar-refractivity contribution in [3.05, 3.63) is 0 Å². The van der Waals surface area contributed by atoms with E-state index in [1.54, 1.807) is 11.9 Å². The first-order valence-electron chi connectivity index (χ1n) is 8.00. The van der Waals surface area contributed by atoms with Crippen molar-refractivity contribution >= 4 is 12.0 Å². The van der Waals surface area contributed by atoms with Crippen molar-refractivity contribution in [1.29, 1.82) is 0 Å². The molecule has 21 heavy (non-hydrogen) atoms. The minimum Gasteiger partial charge on any atom is -0.481 e. The van der Waals surface area contributed by atoms with Gasteiger partial charge in [0.1, 0.15) is 0 Å². The van der Waals surface area contributed by atoms with Gasteiger partial charge in [0, 0.05) is 20.1 Å². The highest BCUT2D eigenvalue weighted by atomic mass is 16.4. The Hall–Kier alpha value is -1.26. The zero-order valence-corrected chi connectivity index (χ0v) is 13.5. The number of amides is 2. The predicted molar refractivity (Wildman–Crippen MR) is 81.2 cm³/mol. The molecule has 1 saturated heterocycles. The van der Waals surface area contributed by atoms with Crippen LogP contribution in [-0.2, 0) is 4.79 Å². The van der Waals surface area contributed by atoms with E-state index in [9.17, 15) is 14.7 Å². The first-order chi connectivity index (χ1) is 9.76. The van der Waals surface area contributed by atoms with Crippen LogP contribution in [-0.4, -0.2) is 52.6 Å². The highest BCUT2D eigenvalue weighted by Crippen LogP contribution is 2.37. The first-order valence-corrected chi connectivity index (χ1v) is 8.00. The van der Waals surface area contributed by atoms with Gasteiger partial charge in [-0.1, -0.05) is 33.1 Å². The highest BCUT2D eigenvalue weighted by Gasteiger charge is 2.43. The molecule has 5 nitrogen and oxygen atoms in total. The molecule has 2 aliphatic rings. The lowest BCUT2D eigenvalue weighted by atomic mass is 9.78. The van der Waals surface area contributed by atoms with Crippen LogP contribution in [0.15, 0.2) is 0 Å². The van der Waals surface area contributed by atoms with Crippen LogP contribution in [0, 0.1) is 5.41 Å². The molecule has 0 atom stereocenters. The van der Waals surface area contributed by atoms with Crippen molar-refractivity contribution in [2.75, 3.05) is 20.1 Å². The van der Waals surface area contributed by atoms with E-state index in [0.717, 1.165) is 51.6 Å². The number of carboxylic acid groups (broad SMARTS) is 1. The average molecular weight is 296 g/mol. The molecule has 120 valence electrons. The Kier molecular flexibility index (Phi) is 4.49. The molecule has 0 spiro atoms. The van der Waals surface area contributed by atoms with E-state index >= 15 is 0 Å². The molecule has 0 unspecified atom stereocenters. The van der Waals surface area contributed by atoms with Gasteiger partial charge in [0.05, 0.1) is 12.0 Å². The van der Waals surface area contributed by atoms with Crippen LogP contribution in [0.2, 0.25) is 0 Å². The SMILES string of the molecule is CN(C(=O)N1CCC(C)(C)C1)C1(CC(=O)O)CCCCC1. The number of rotatable bonds is 3. The molecule has 1 aliphatic heterocycles. The largest absolute Gasteiger partial charge is 0.481 e. The summed E-state index contributed by atoms with van der Waals surface area (Å²) >= 11 is 0. The lowest BCUT2D eigenvalue weighted by Gasteiger charge is -2.45. The van der Waals surface area contributed by atoms with Crippen LogP contribution in [0.3, 0.4) is 0 Å². The van der Waals surface area contributed by atoms with E-state index in [1.807, 2.05) is 4.90 Å². The molecule has 1 aliphatic carbocycles. The Morgan fingerprint density at radius 3 is 2.24 bits per heavy atom. The molecule has 1 heterocycles. The van der Waals surface area contributed by atoms with Gasteiger partial charge in [0.25, 0.3) is 0 Å². The molecule has 2 rings (SSSR count). The second-order valence-electron chi connectivity index (χ2n) is 7.53. The lowest BCUT2D eigenvalue weighted by molar-refractivity contribution is -0.140. The Labute approximate surface area is 127 Å². The second kappa shape index (κ2) is 5.85. The molecular weight excluding hydrogens is 268 g/mol. The van der Waals surface area contributed by atoms with Gasteiger partial charge in [-0.25, -0.2) is 4.79 Å². The van der Waals surface area contributed by atoms with Gasteiger partial charge >= 0.3 is 12.0 Å². The summed E-state index contributed by atoms with van der Waals surface area (Å²) in [7, 11) is 1.79. The van der Waals surface area contributed by atoms with Crippen LogP contribution in [0.25, 0.3) is 0 Å². The normalized spacial score (nSPS) is 23.9. The monoisotopic (exact) mass is 296 g/mol. The maximum absolute atomic E-state index is 12.8. The van der Waals surface area contributed by atoms with Crippen molar-refractivity contribution in [1.82, 2.24) is 9.80 Å². The highest BCUT2D eigenvalue weighted by molar-refractivity contribution is 5.77. The number of hydrogen-bond donors (Lipinski definition) is 1. The zero-order valence-electron chi connectivity index (χ0n) is 13.5. The van der Waals surface area contributed by atoms with Gasteiger partial charge in [-0.3, -0.25) is 4.79 Å². The fraction of sp³-hybridized carbons (Fsp3) is 0.875. The van der Waals surface area contributed by atoms with Gasteiger partial charge in [-0.2, -0.15) is 0 Å². The van der Waals surface area contributed by atoms with E-state index in [4.69, 9.17) is 0 Å². The van der Waals surface area contributed by atoms with E-state index in [0.29, 0.717) is 0 Å². The Morgan fingerprint density at radius 1 is 1.14 bits per heavy atom. The molecule has 0 aromatic carbocycles. The van der Waals surface area contributed by atoms with Gasteiger partial charge in [-0.05, 0) is 24.7 Å². The van der Waals surface area contributed by atoms with E-state index < -0.39 is 11.5 Å². The smallest absolute Gasteiger partial charge is 0.320 e. The summed E-state index contributed by atoms with van der Waals surface area (Å²) in [5, 5.41) is 9.26. The Bertz CT molecular complexity index is 414. The maximum atomic E-state index is 12.8. The number of likely N-dealkylation sites (tertiary alicyclic amines) is 1. The molecule has 2 fully saturated rings. The van der Waals surface area contributed by atoms with Crippen LogP contribution in [0.4, 0.5) is 4.79 Å². The number of aliphatic carboxylic acids is 1. The minimum absolute atomic E-state index is 0.00345. The van der Waals surface area contributed by atoms with Crippen molar-refractivity contribution in [3.63, 3.8) is 0 Å². The van der Waals surface area contributed by atoms with Crippen molar-refractivity contribution in [2.24, 2.45) is 5.41 Å². The number of carbonyl (C=O) groups excluding carboxylic acids is 1. The maximum Gasteiger partial charge on any atom is 0.320 e. The fourth-order valence-corrected chi connectivity index (χ4v) is 3.81. The molecule has 2 amide bonds. The summed E-state index contributed by atoms with van der Waals surface area (Å²) in [4.78, 5) is 27.7. The van der Waals surface area contributed by atoms with Crippen LogP contribution < -0.4 is 0 Å². The zero-order chi connectivity index (χ0) is 15.7. The van der Waals surface area contributed by atoms with Crippen LogP contribution >= 0.6 is 0 Å². The summed E-state index contributed by atoms with van der Waals surface area (Å²) in [5.74, 6) is -0.807. The van der Waals surface area contributed by atoms with Crippen LogP contribution in [0.1, 0.15) is 58.8 Å². The molecule has 1 N–H and O–H groups in total. The number of nitrogens with zero attached hydrogens (tertiary/aromatic N) is 2.